The highest BCUT2D eigenvalue weighted by atomic mass is 16.5. The third kappa shape index (κ3) is 5.52. The number of hydrogen-bond donors (Lipinski definition) is 2. The molecular weight excluding hydrogens is 246 g/mol. The van der Waals surface area contributed by atoms with Crippen LogP contribution in [-0.4, -0.2) is 29.6 Å². The highest BCUT2D eigenvalue weighted by Crippen LogP contribution is 2.03. The average molecular weight is 265 g/mol. The van der Waals surface area contributed by atoms with Crippen molar-refractivity contribution >= 4 is 11.9 Å². The number of aliphatic carboxylic acids is 1. The second-order valence-corrected chi connectivity index (χ2v) is 4.42. The van der Waals surface area contributed by atoms with Gasteiger partial charge in [-0.2, -0.15) is 0 Å². The molecule has 0 aliphatic heterocycles. The van der Waals surface area contributed by atoms with Crippen molar-refractivity contribution in [2.75, 3.05) is 6.54 Å². The molecule has 2 unspecified atom stereocenters. The van der Waals surface area contributed by atoms with Crippen LogP contribution in [0.2, 0.25) is 0 Å². The first kappa shape index (κ1) is 15.2. The first-order chi connectivity index (χ1) is 9.00. The fraction of sp³-hybridized carbons (Fsp3) is 0.429. The molecule has 5 heteroatoms. The summed E-state index contributed by atoms with van der Waals surface area (Å²) in [7, 11) is 0. The van der Waals surface area contributed by atoms with Crippen molar-refractivity contribution in [3.8, 4) is 0 Å². The molecule has 0 aliphatic carbocycles. The minimum Gasteiger partial charge on any atom is -0.481 e. The van der Waals surface area contributed by atoms with Gasteiger partial charge < -0.3 is 15.2 Å². The Bertz CT molecular complexity index is 419. The molecule has 2 atom stereocenters. The fourth-order valence-electron chi connectivity index (χ4n) is 1.36. The van der Waals surface area contributed by atoms with Gasteiger partial charge in [0.05, 0.1) is 12.5 Å². The Hall–Kier alpha value is -1.88. The maximum atomic E-state index is 11.7. The number of benzene rings is 1. The Kier molecular flexibility index (Phi) is 6.02. The van der Waals surface area contributed by atoms with Gasteiger partial charge in [-0.15, -0.1) is 0 Å². The van der Waals surface area contributed by atoms with E-state index in [4.69, 9.17) is 9.84 Å². The highest BCUT2D eigenvalue weighted by molar-refractivity contribution is 5.81. The molecule has 1 aromatic carbocycles. The van der Waals surface area contributed by atoms with Gasteiger partial charge in [-0.25, -0.2) is 0 Å². The second kappa shape index (κ2) is 7.53. The third-order valence-electron chi connectivity index (χ3n) is 2.72. The zero-order valence-electron chi connectivity index (χ0n) is 11.1. The number of amides is 1. The zero-order chi connectivity index (χ0) is 14.3. The summed E-state index contributed by atoms with van der Waals surface area (Å²) >= 11 is 0. The quantitative estimate of drug-likeness (QED) is 0.782. The van der Waals surface area contributed by atoms with E-state index in [9.17, 15) is 9.59 Å². The van der Waals surface area contributed by atoms with Crippen LogP contribution in [0.5, 0.6) is 0 Å². The standard InChI is InChI=1S/C14H19NO4/c1-10(14(17)18)8-15-13(16)11(2)19-9-12-6-4-3-5-7-12/h3-7,10-11H,8-9H2,1-2H3,(H,15,16)(H,17,18). The van der Waals surface area contributed by atoms with E-state index in [0.717, 1.165) is 5.56 Å². The van der Waals surface area contributed by atoms with Gasteiger partial charge in [-0.1, -0.05) is 37.3 Å². The first-order valence-corrected chi connectivity index (χ1v) is 6.16. The molecule has 104 valence electrons. The molecule has 5 nitrogen and oxygen atoms in total. The Morgan fingerprint density at radius 2 is 1.89 bits per heavy atom. The molecular formula is C14H19NO4. The van der Waals surface area contributed by atoms with E-state index in [1.54, 1.807) is 6.92 Å². The molecule has 0 fully saturated rings. The Morgan fingerprint density at radius 3 is 2.47 bits per heavy atom. The highest BCUT2D eigenvalue weighted by Gasteiger charge is 2.16. The van der Waals surface area contributed by atoms with Crippen molar-refractivity contribution in [1.29, 1.82) is 0 Å². The predicted octanol–water partition coefficient (Wildman–Crippen LogP) is 1.43. The van der Waals surface area contributed by atoms with Crippen LogP contribution in [0.3, 0.4) is 0 Å². The summed E-state index contributed by atoms with van der Waals surface area (Å²) in [5, 5.41) is 11.3. The van der Waals surface area contributed by atoms with Gasteiger partial charge in [0, 0.05) is 6.54 Å². The lowest BCUT2D eigenvalue weighted by atomic mass is 10.2. The third-order valence-corrected chi connectivity index (χ3v) is 2.72. The van der Waals surface area contributed by atoms with Crippen LogP contribution < -0.4 is 5.32 Å². The van der Waals surface area contributed by atoms with Crippen LogP contribution in [0.15, 0.2) is 30.3 Å². The van der Waals surface area contributed by atoms with Gasteiger partial charge in [0.1, 0.15) is 6.10 Å². The van der Waals surface area contributed by atoms with Crippen molar-refractivity contribution in [1.82, 2.24) is 5.32 Å². The molecule has 0 bridgehead atoms. The van der Waals surface area contributed by atoms with Crippen LogP contribution in [0, 0.1) is 5.92 Å². The van der Waals surface area contributed by atoms with E-state index in [1.807, 2.05) is 30.3 Å². The van der Waals surface area contributed by atoms with Crippen LogP contribution in [-0.2, 0) is 20.9 Å². The van der Waals surface area contributed by atoms with Gasteiger partial charge in [-0.05, 0) is 12.5 Å². The minimum atomic E-state index is -0.932. The lowest BCUT2D eigenvalue weighted by Crippen LogP contribution is -2.38. The molecule has 0 spiro atoms. The number of carbonyl (C=O) groups excluding carboxylic acids is 1. The second-order valence-electron chi connectivity index (χ2n) is 4.42. The number of carboxylic acids is 1. The minimum absolute atomic E-state index is 0.104. The molecule has 1 amide bonds. The number of ether oxygens (including phenoxy) is 1. The Labute approximate surface area is 112 Å². The Morgan fingerprint density at radius 1 is 1.26 bits per heavy atom. The van der Waals surface area contributed by atoms with Crippen molar-refractivity contribution < 1.29 is 19.4 Å². The summed E-state index contributed by atoms with van der Waals surface area (Å²) < 4.78 is 5.42. The molecule has 1 aromatic rings. The van der Waals surface area contributed by atoms with Crippen LogP contribution >= 0.6 is 0 Å². The van der Waals surface area contributed by atoms with Gasteiger partial charge >= 0.3 is 5.97 Å². The summed E-state index contributed by atoms with van der Waals surface area (Å²) in [4.78, 5) is 22.3. The molecule has 0 saturated heterocycles. The maximum absolute atomic E-state index is 11.7. The fourth-order valence-corrected chi connectivity index (χ4v) is 1.36. The predicted molar refractivity (Wildman–Crippen MR) is 70.5 cm³/mol. The smallest absolute Gasteiger partial charge is 0.308 e. The van der Waals surface area contributed by atoms with E-state index in [1.165, 1.54) is 6.92 Å². The first-order valence-electron chi connectivity index (χ1n) is 6.16. The maximum Gasteiger partial charge on any atom is 0.308 e. The number of hydrogen-bond acceptors (Lipinski definition) is 3. The Balaban J connectivity index is 2.31. The summed E-state index contributed by atoms with van der Waals surface area (Å²) in [6, 6.07) is 9.54. The van der Waals surface area contributed by atoms with Crippen LogP contribution in [0.1, 0.15) is 19.4 Å². The molecule has 0 aromatic heterocycles. The summed E-state index contributed by atoms with van der Waals surface area (Å²) in [5.74, 6) is -1.84. The van der Waals surface area contributed by atoms with E-state index in [-0.39, 0.29) is 12.5 Å². The molecule has 0 aliphatic rings. The number of carbonyl (C=O) groups is 2. The molecule has 0 saturated carbocycles. The zero-order valence-corrected chi connectivity index (χ0v) is 11.1. The van der Waals surface area contributed by atoms with Crippen LogP contribution in [0.25, 0.3) is 0 Å². The largest absolute Gasteiger partial charge is 0.481 e. The normalized spacial score (nSPS) is 13.6. The van der Waals surface area contributed by atoms with Crippen LogP contribution in [0.4, 0.5) is 0 Å². The van der Waals surface area contributed by atoms with Gasteiger partial charge in [0.2, 0.25) is 5.91 Å². The van der Waals surface area contributed by atoms with Gasteiger partial charge in [-0.3, -0.25) is 9.59 Å². The van der Waals surface area contributed by atoms with Crippen molar-refractivity contribution in [2.45, 2.75) is 26.6 Å². The SMILES string of the molecule is CC(CNC(=O)C(C)OCc1ccccc1)C(=O)O. The van der Waals surface area contributed by atoms with E-state index in [0.29, 0.717) is 6.61 Å². The molecule has 1 rings (SSSR count). The summed E-state index contributed by atoms with van der Waals surface area (Å²) in [6.45, 7) is 3.64. The lowest BCUT2D eigenvalue weighted by molar-refractivity contribution is -0.141. The number of carboxylic acid groups (broad SMARTS) is 1. The van der Waals surface area contributed by atoms with Crippen molar-refractivity contribution in [3.05, 3.63) is 35.9 Å². The molecule has 0 radical (unpaired) electrons. The number of rotatable bonds is 7. The summed E-state index contributed by atoms with van der Waals surface area (Å²) in [5.41, 5.74) is 0.987. The molecule has 2 N–H and O–H groups in total. The molecule has 19 heavy (non-hydrogen) atoms. The summed E-state index contributed by atoms with van der Waals surface area (Å²) in [6.07, 6.45) is -0.610. The monoisotopic (exact) mass is 265 g/mol. The van der Waals surface area contributed by atoms with Crippen molar-refractivity contribution in [3.63, 3.8) is 0 Å². The average Bonchev–Trinajstić information content (AvgIpc) is 2.42. The van der Waals surface area contributed by atoms with Crippen molar-refractivity contribution in [2.24, 2.45) is 5.92 Å². The molecule has 0 heterocycles. The number of nitrogens with one attached hydrogen (secondary N) is 1. The van der Waals surface area contributed by atoms with E-state index >= 15 is 0 Å². The van der Waals surface area contributed by atoms with Gasteiger partial charge in [0.25, 0.3) is 0 Å². The van der Waals surface area contributed by atoms with E-state index < -0.39 is 18.0 Å². The van der Waals surface area contributed by atoms with E-state index in [2.05, 4.69) is 5.32 Å². The van der Waals surface area contributed by atoms with Gasteiger partial charge in [0.15, 0.2) is 0 Å². The topological polar surface area (TPSA) is 75.6 Å². The lowest BCUT2D eigenvalue weighted by Gasteiger charge is -2.14.